The maximum absolute atomic E-state index is 12.6. The molecule has 0 fully saturated rings. The summed E-state index contributed by atoms with van der Waals surface area (Å²) in [6.45, 7) is 9.21. The van der Waals surface area contributed by atoms with Gasteiger partial charge in [-0.3, -0.25) is 0 Å². The minimum Gasteiger partial charge on any atom is -0.467 e. The number of ether oxygens (including phenoxy) is 4. The molecular weight excluding hydrogens is 488 g/mol. The summed E-state index contributed by atoms with van der Waals surface area (Å²) in [5, 5.41) is 20.2. The van der Waals surface area contributed by atoms with E-state index in [2.05, 4.69) is 0 Å². The van der Waals surface area contributed by atoms with E-state index in [1.54, 1.807) is 53.7 Å². The van der Waals surface area contributed by atoms with Crippen molar-refractivity contribution in [2.45, 2.75) is 52.7 Å². The van der Waals surface area contributed by atoms with Crippen molar-refractivity contribution >= 4 is 34.7 Å². The molecule has 2 amide bonds. The Morgan fingerprint density at radius 1 is 0.895 bits per heavy atom. The molecule has 2 aromatic carbocycles. The summed E-state index contributed by atoms with van der Waals surface area (Å²) in [7, 11) is 3.85. The Morgan fingerprint density at radius 2 is 1.47 bits per heavy atom. The number of amides is 2. The predicted octanol–water partition coefficient (Wildman–Crippen LogP) is 5.82. The average molecular weight is 523 g/mol. The van der Waals surface area contributed by atoms with Gasteiger partial charge in [0.2, 0.25) is 0 Å². The highest BCUT2D eigenvalue weighted by Crippen LogP contribution is 2.30. The lowest BCUT2D eigenvalue weighted by molar-refractivity contribution is -0.0569. The quantitative estimate of drug-likeness (QED) is 0.251. The predicted molar refractivity (Wildman–Crippen MR) is 143 cm³/mol. The highest BCUT2D eigenvalue weighted by molar-refractivity contribution is 5.90. The van der Waals surface area contributed by atoms with Crippen LogP contribution in [0.15, 0.2) is 35.9 Å². The standard InChI is InChI=1S/C28H34N4O6/c1-27(2,3)37-25(33)32(26(34)38-28(4,5)6)17-35-18-36-24-14-21-13-23(31(7)8)10-9-20(21)12-22(24)11-19(15-29)16-30/h9-14H,17-18H2,1-8H3. The number of allylic oxidation sites excluding steroid dienone is 1. The average Bonchev–Trinajstić information content (AvgIpc) is 2.79. The van der Waals surface area contributed by atoms with E-state index in [4.69, 9.17) is 18.9 Å². The first kappa shape index (κ1) is 29.9. The lowest BCUT2D eigenvalue weighted by Crippen LogP contribution is -2.44. The first-order chi connectivity index (χ1) is 17.6. The van der Waals surface area contributed by atoms with Crippen LogP contribution >= 0.6 is 0 Å². The topological polar surface area (TPSA) is 125 Å². The van der Waals surface area contributed by atoms with Gasteiger partial charge in [-0.15, -0.1) is 0 Å². The number of nitrogens with zero attached hydrogens (tertiary/aromatic N) is 4. The summed E-state index contributed by atoms with van der Waals surface area (Å²) in [4.78, 5) is 27.9. The van der Waals surface area contributed by atoms with Crippen molar-refractivity contribution in [3.8, 4) is 17.9 Å². The summed E-state index contributed by atoms with van der Waals surface area (Å²) in [5.74, 6) is 0.345. The van der Waals surface area contributed by atoms with Crippen molar-refractivity contribution in [1.82, 2.24) is 4.90 Å². The molecule has 0 spiro atoms. The van der Waals surface area contributed by atoms with Crippen molar-refractivity contribution in [2.24, 2.45) is 0 Å². The molecule has 0 N–H and O–H groups in total. The molecule has 0 aliphatic rings. The maximum atomic E-state index is 12.6. The monoisotopic (exact) mass is 522 g/mol. The lowest BCUT2D eigenvalue weighted by Gasteiger charge is -2.28. The van der Waals surface area contributed by atoms with E-state index in [0.717, 1.165) is 16.5 Å². The Morgan fingerprint density at radius 3 is 1.97 bits per heavy atom. The number of fused-ring (bicyclic) bond motifs is 1. The molecule has 0 heterocycles. The third-order valence-electron chi connectivity index (χ3n) is 4.76. The van der Waals surface area contributed by atoms with Crippen LogP contribution in [0.1, 0.15) is 47.1 Å². The van der Waals surface area contributed by atoms with Gasteiger partial charge in [-0.2, -0.15) is 15.4 Å². The first-order valence-corrected chi connectivity index (χ1v) is 11.8. The van der Waals surface area contributed by atoms with Crippen LogP contribution in [0.25, 0.3) is 16.8 Å². The fourth-order valence-electron chi connectivity index (χ4n) is 3.09. The number of benzene rings is 2. The number of anilines is 1. The number of hydrogen-bond acceptors (Lipinski definition) is 9. The van der Waals surface area contributed by atoms with Gasteiger partial charge in [0.05, 0.1) is 0 Å². The van der Waals surface area contributed by atoms with Crippen LogP contribution in [-0.4, -0.2) is 55.9 Å². The van der Waals surface area contributed by atoms with Gasteiger partial charge in [0.15, 0.2) is 6.79 Å². The zero-order valence-corrected chi connectivity index (χ0v) is 23.1. The fourth-order valence-corrected chi connectivity index (χ4v) is 3.09. The Kier molecular flexibility index (Phi) is 9.70. The molecule has 0 saturated heterocycles. The summed E-state index contributed by atoms with van der Waals surface area (Å²) < 4.78 is 21.9. The lowest BCUT2D eigenvalue weighted by atomic mass is 10.0. The molecular formula is C28H34N4O6. The van der Waals surface area contributed by atoms with E-state index in [0.29, 0.717) is 16.2 Å². The molecule has 38 heavy (non-hydrogen) atoms. The van der Waals surface area contributed by atoms with Crippen molar-refractivity contribution < 1.29 is 28.5 Å². The van der Waals surface area contributed by atoms with Gasteiger partial charge in [0.1, 0.15) is 41.4 Å². The summed E-state index contributed by atoms with van der Waals surface area (Å²) in [6.07, 6.45) is -0.433. The van der Waals surface area contributed by atoms with Gasteiger partial charge in [0.25, 0.3) is 0 Å². The van der Waals surface area contributed by atoms with Crippen LogP contribution in [0.4, 0.5) is 15.3 Å². The third kappa shape index (κ3) is 8.99. The Balaban J connectivity index is 2.29. The normalized spacial score (nSPS) is 11.1. The number of carbonyl (C=O) groups excluding carboxylic acids is 2. The SMILES string of the molecule is CN(C)c1ccc2cc(C=C(C#N)C#N)c(OCOCN(C(=O)OC(C)(C)C)C(=O)OC(C)(C)C)cc2c1. The molecule has 0 aromatic heterocycles. The molecule has 0 aliphatic heterocycles. The van der Waals surface area contributed by atoms with Crippen molar-refractivity contribution in [3.05, 3.63) is 41.5 Å². The molecule has 2 aromatic rings. The van der Waals surface area contributed by atoms with Crippen LogP contribution in [0.2, 0.25) is 0 Å². The molecule has 202 valence electrons. The summed E-state index contributed by atoms with van der Waals surface area (Å²) in [6, 6.07) is 13.1. The number of carbonyl (C=O) groups is 2. The second-order valence-electron chi connectivity index (χ2n) is 10.6. The largest absolute Gasteiger partial charge is 0.467 e. The van der Waals surface area contributed by atoms with E-state index >= 15 is 0 Å². The Labute approximate surface area is 223 Å². The van der Waals surface area contributed by atoms with Gasteiger partial charge in [-0.1, -0.05) is 6.07 Å². The molecule has 0 saturated carbocycles. The number of nitriles is 2. The molecule has 0 aliphatic carbocycles. The van der Waals surface area contributed by atoms with Gasteiger partial charge >= 0.3 is 12.2 Å². The van der Waals surface area contributed by atoms with Gasteiger partial charge in [-0.25, -0.2) is 9.59 Å². The third-order valence-corrected chi connectivity index (χ3v) is 4.76. The minimum absolute atomic E-state index is 0.0962. The van der Waals surface area contributed by atoms with Gasteiger partial charge < -0.3 is 23.8 Å². The summed E-state index contributed by atoms with van der Waals surface area (Å²) >= 11 is 0. The zero-order chi connectivity index (χ0) is 28.7. The van der Waals surface area contributed by atoms with Crippen LogP contribution in [0.3, 0.4) is 0 Å². The van der Waals surface area contributed by atoms with E-state index < -0.39 is 30.1 Å². The highest BCUT2D eigenvalue weighted by Gasteiger charge is 2.31. The van der Waals surface area contributed by atoms with E-state index in [1.807, 2.05) is 49.3 Å². The highest BCUT2D eigenvalue weighted by atomic mass is 16.7. The minimum atomic E-state index is -0.926. The van der Waals surface area contributed by atoms with Gasteiger partial charge in [-0.05, 0) is 82.7 Å². The number of imide groups is 1. The number of rotatable bonds is 7. The van der Waals surface area contributed by atoms with Gasteiger partial charge in [0, 0.05) is 25.3 Å². The molecule has 10 heteroatoms. The fraction of sp³-hybridized carbons (Fsp3) is 0.429. The molecule has 10 nitrogen and oxygen atoms in total. The molecule has 0 bridgehead atoms. The first-order valence-electron chi connectivity index (χ1n) is 11.8. The molecule has 0 unspecified atom stereocenters. The van der Waals surface area contributed by atoms with Crippen molar-refractivity contribution in [3.63, 3.8) is 0 Å². The van der Waals surface area contributed by atoms with E-state index in [1.165, 1.54) is 6.08 Å². The smallest absolute Gasteiger partial charge is 0.421 e. The summed E-state index contributed by atoms with van der Waals surface area (Å²) in [5.41, 5.74) is -0.313. The molecule has 2 rings (SSSR count). The van der Waals surface area contributed by atoms with Crippen LogP contribution in [0, 0.1) is 22.7 Å². The second-order valence-corrected chi connectivity index (χ2v) is 10.6. The number of hydrogen-bond donors (Lipinski definition) is 0. The van der Waals surface area contributed by atoms with Crippen LogP contribution in [0.5, 0.6) is 5.75 Å². The zero-order valence-electron chi connectivity index (χ0n) is 23.1. The van der Waals surface area contributed by atoms with E-state index in [9.17, 15) is 20.1 Å². The van der Waals surface area contributed by atoms with Crippen LogP contribution in [-0.2, 0) is 14.2 Å². The van der Waals surface area contributed by atoms with Crippen molar-refractivity contribution in [1.29, 1.82) is 10.5 Å². The molecule has 0 atom stereocenters. The van der Waals surface area contributed by atoms with Crippen LogP contribution < -0.4 is 9.64 Å². The Hall–Kier alpha value is -4.28. The maximum Gasteiger partial charge on any atom is 0.421 e. The second kappa shape index (κ2) is 12.3. The van der Waals surface area contributed by atoms with Crippen molar-refractivity contribution in [2.75, 3.05) is 32.5 Å². The van der Waals surface area contributed by atoms with E-state index in [-0.39, 0.29) is 12.4 Å². The molecule has 0 radical (unpaired) electrons. The Bertz CT molecular complexity index is 1250.